The van der Waals surface area contributed by atoms with Crippen molar-refractivity contribution in [2.75, 3.05) is 18.6 Å². The Hall–Kier alpha value is -1.48. The third kappa shape index (κ3) is 3.10. The van der Waals surface area contributed by atoms with E-state index in [9.17, 15) is 4.79 Å². The first kappa shape index (κ1) is 13.9. The van der Waals surface area contributed by atoms with Crippen LogP contribution >= 0.6 is 11.8 Å². The molecule has 0 saturated carbocycles. The van der Waals surface area contributed by atoms with Gasteiger partial charge in [-0.25, -0.2) is 0 Å². The van der Waals surface area contributed by atoms with Crippen molar-refractivity contribution in [2.24, 2.45) is 0 Å². The monoisotopic (exact) mass is 274 g/mol. The number of ketones is 1. The fraction of sp³-hybridized carbons (Fsp3) is 0.312. The van der Waals surface area contributed by atoms with Crippen LogP contribution in [0.5, 0.6) is 5.75 Å². The molecular formula is C16H18O2S. The van der Waals surface area contributed by atoms with Crippen molar-refractivity contribution in [1.82, 2.24) is 0 Å². The number of Topliss-reactive ketones (excluding diaryl/α,β-unsaturated/α-hetero) is 1. The topological polar surface area (TPSA) is 26.3 Å². The van der Waals surface area contributed by atoms with Crippen molar-refractivity contribution in [3.8, 4) is 5.75 Å². The maximum atomic E-state index is 12.4. The summed E-state index contributed by atoms with van der Waals surface area (Å²) >= 11 is 1.68. The molecular weight excluding hydrogens is 256 g/mol. The normalized spacial score (nSPS) is 10.6. The van der Waals surface area contributed by atoms with Gasteiger partial charge in [0.2, 0.25) is 0 Å². The summed E-state index contributed by atoms with van der Waals surface area (Å²) in [5.74, 6) is 2.34. The third-order valence-corrected chi connectivity index (χ3v) is 4.13. The average Bonchev–Trinajstić information content (AvgIpc) is 2.46. The zero-order valence-corrected chi connectivity index (χ0v) is 12.1. The van der Waals surface area contributed by atoms with Gasteiger partial charge in [0, 0.05) is 0 Å². The molecule has 0 bridgehead atoms. The maximum absolute atomic E-state index is 12.4. The van der Waals surface area contributed by atoms with Crippen LogP contribution in [-0.2, 0) is 0 Å². The lowest BCUT2D eigenvalue weighted by Crippen LogP contribution is -2.06. The summed E-state index contributed by atoms with van der Waals surface area (Å²) in [5.41, 5.74) is 0.712. The number of fused-ring (bicyclic) bond motifs is 1. The minimum Gasteiger partial charge on any atom is -0.496 e. The Kier molecular flexibility index (Phi) is 4.86. The zero-order valence-electron chi connectivity index (χ0n) is 11.3. The number of hydrogen-bond donors (Lipinski definition) is 0. The zero-order chi connectivity index (χ0) is 13.7. The minimum atomic E-state index is 0.145. The van der Waals surface area contributed by atoms with Crippen LogP contribution in [0.15, 0.2) is 36.4 Å². The van der Waals surface area contributed by atoms with E-state index in [1.54, 1.807) is 18.9 Å². The summed E-state index contributed by atoms with van der Waals surface area (Å²) < 4.78 is 5.35. The molecule has 0 radical (unpaired) electrons. The Morgan fingerprint density at radius 2 is 2.00 bits per heavy atom. The van der Waals surface area contributed by atoms with E-state index in [-0.39, 0.29) is 5.78 Å². The van der Waals surface area contributed by atoms with Crippen molar-refractivity contribution in [2.45, 2.75) is 13.3 Å². The Bertz CT molecular complexity index is 578. The van der Waals surface area contributed by atoms with Crippen LogP contribution in [0.2, 0.25) is 0 Å². The van der Waals surface area contributed by atoms with Gasteiger partial charge in [-0.05, 0) is 29.0 Å². The second kappa shape index (κ2) is 6.62. The molecule has 0 amide bonds. The first-order valence-corrected chi connectivity index (χ1v) is 7.60. The Balaban J connectivity index is 2.41. The lowest BCUT2D eigenvalue weighted by atomic mass is 10.0. The molecule has 0 atom stereocenters. The van der Waals surface area contributed by atoms with Gasteiger partial charge >= 0.3 is 0 Å². The Morgan fingerprint density at radius 1 is 1.21 bits per heavy atom. The number of hydrogen-bond acceptors (Lipinski definition) is 3. The summed E-state index contributed by atoms with van der Waals surface area (Å²) in [7, 11) is 1.61. The van der Waals surface area contributed by atoms with E-state index in [1.165, 1.54) is 0 Å². The summed E-state index contributed by atoms with van der Waals surface area (Å²) in [6.45, 7) is 2.12. The number of rotatable bonds is 6. The smallest absolute Gasteiger partial charge is 0.177 e. The van der Waals surface area contributed by atoms with Gasteiger partial charge < -0.3 is 4.74 Å². The molecule has 0 aromatic heterocycles. The molecule has 0 fully saturated rings. The largest absolute Gasteiger partial charge is 0.496 e. The van der Waals surface area contributed by atoms with E-state index in [0.29, 0.717) is 17.1 Å². The minimum absolute atomic E-state index is 0.145. The molecule has 3 heteroatoms. The highest BCUT2D eigenvalue weighted by Crippen LogP contribution is 2.29. The van der Waals surface area contributed by atoms with Crippen molar-refractivity contribution < 1.29 is 9.53 Å². The molecule has 19 heavy (non-hydrogen) atoms. The van der Waals surface area contributed by atoms with Gasteiger partial charge in [-0.2, -0.15) is 11.8 Å². The van der Waals surface area contributed by atoms with Crippen molar-refractivity contribution >= 4 is 28.3 Å². The van der Waals surface area contributed by atoms with E-state index < -0.39 is 0 Å². The Labute approximate surface area is 118 Å². The second-order valence-corrected chi connectivity index (χ2v) is 5.44. The molecule has 2 aromatic carbocycles. The predicted octanol–water partition coefficient (Wildman–Crippen LogP) is 4.17. The van der Waals surface area contributed by atoms with Gasteiger partial charge in [-0.3, -0.25) is 4.79 Å². The molecule has 2 nitrogen and oxygen atoms in total. The van der Waals surface area contributed by atoms with Crippen molar-refractivity contribution in [1.29, 1.82) is 0 Å². The summed E-state index contributed by atoms with van der Waals surface area (Å²) in [6, 6.07) is 11.8. The van der Waals surface area contributed by atoms with Crippen molar-refractivity contribution in [3.05, 3.63) is 42.0 Å². The average molecular weight is 274 g/mol. The van der Waals surface area contributed by atoms with Gasteiger partial charge in [0.05, 0.1) is 18.4 Å². The van der Waals surface area contributed by atoms with Crippen LogP contribution in [0.25, 0.3) is 10.8 Å². The quantitative estimate of drug-likeness (QED) is 0.584. The predicted molar refractivity (Wildman–Crippen MR) is 82.4 cm³/mol. The highest BCUT2D eigenvalue weighted by atomic mass is 32.2. The van der Waals surface area contributed by atoms with Crippen LogP contribution in [-0.4, -0.2) is 24.4 Å². The fourth-order valence-electron chi connectivity index (χ4n) is 2.09. The lowest BCUT2D eigenvalue weighted by Gasteiger charge is -2.11. The molecule has 0 saturated heterocycles. The van der Waals surface area contributed by atoms with Gasteiger partial charge in [-0.1, -0.05) is 37.3 Å². The van der Waals surface area contributed by atoms with Crippen LogP contribution in [0.3, 0.4) is 0 Å². The SMILES string of the molecule is CCCSCC(=O)c1c(OC)ccc2ccccc12. The maximum Gasteiger partial charge on any atom is 0.177 e. The van der Waals surface area contributed by atoms with Gasteiger partial charge in [0.1, 0.15) is 5.75 Å². The van der Waals surface area contributed by atoms with Crippen LogP contribution in [0, 0.1) is 0 Å². The summed E-state index contributed by atoms with van der Waals surface area (Å²) in [4.78, 5) is 12.4. The third-order valence-electron chi connectivity index (χ3n) is 2.97. The number of methoxy groups -OCH3 is 1. The molecule has 0 N–H and O–H groups in total. The van der Waals surface area contributed by atoms with E-state index >= 15 is 0 Å². The summed E-state index contributed by atoms with van der Waals surface area (Å²) in [5, 5.41) is 2.05. The van der Waals surface area contributed by atoms with Gasteiger partial charge in [0.15, 0.2) is 5.78 Å². The van der Waals surface area contributed by atoms with Crippen LogP contribution < -0.4 is 4.74 Å². The van der Waals surface area contributed by atoms with E-state index in [0.717, 1.165) is 22.9 Å². The Morgan fingerprint density at radius 3 is 2.74 bits per heavy atom. The fourth-order valence-corrected chi connectivity index (χ4v) is 2.85. The number of thioether (sulfide) groups is 1. The van der Waals surface area contributed by atoms with Crippen molar-refractivity contribution in [3.63, 3.8) is 0 Å². The second-order valence-electron chi connectivity index (χ2n) is 4.34. The van der Waals surface area contributed by atoms with E-state index in [1.807, 2.05) is 36.4 Å². The molecule has 0 unspecified atom stereocenters. The van der Waals surface area contributed by atoms with Crippen LogP contribution in [0.4, 0.5) is 0 Å². The molecule has 0 aliphatic heterocycles. The number of carbonyl (C=O) groups excluding carboxylic acids is 1. The molecule has 2 rings (SSSR count). The number of ether oxygens (including phenoxy) is 1. The molecule has 100 valence electrons. The highest BCUT2D eigenvalue weighted by Gasteiger charge is 2.15. The first-order chi connectivity index (χ1) is 9.27. The highest BCUT2D eigenvalue weighted by molar-refractivity contribution is 7.99. The van der Waals surface area contributed by atoms with Gasteiger partial charge in [-0.15, -0.1) is 0 Å². The van der Waals surface area contributed by atoms with Gasteiger partial charge in [0.25, 0.3) is 0 Å². The standard InChI is InChI=1S/C16H18O2S/c1-3-10-19-11-14(17)16-13-7-5-4-6-12(13)8-9-15(16)18-2/h4-9H,3,10-11H2,1-2H3. The molecule has 0 aliphatic carbocycles. The molecule has 2 aromatic rings. The lowest BCUT2D eigenvalue weighted by molar-refractivity contribution is 0.102. The van der Waals surface area contributed by atoms with Crippen LogP contribution in [0.1, 0.15) is 23.7 Å². The molecule has 0 heterocycles. The summed E-state index contributed by atoms with van der Waals surface area (Å²) in [6.07, 6.45) is 1.09. The molecule has 0 aliphatic rings. The number of benzene rings is 2. The first-order valence-electron chi connectivity index (χ1n) is 6.44. The van der Waals surface area contributed by atoms with E-state index in [2.05, 4.69) is 6.92 Å². The van der Waals surface area contributed by atoms with E-state index in [4.69, 9.17) is 4.74 Å². The number of carbonyl (C=O) groups is 1. The molecule has 0 spiro atoms.